The van der Waals surface area contributed by atoms with Crippen LogP contribution < -0.4 is 24.3 Å². The van der Waals surface area contributed by atoms with Crippen LogP contribution in [-0.4, -0.2) is 25.9 Å². The fourth-order valence-corrected chi connectivity index (χ4v) is 2.71. The Morgan fingerprint density at radius 3 is 2.58 bits per heavy atom. The first kappa shape index (κ1) is 17.9. The van der Waals surface area contributed by atoms with Crippen LogP contribution in [0.3, 0.4) is 0 Å². The Kier molecular flexibility index (Phi) is 5.84. The van der Waals surface area contributed by atoms with Crippen molar-refractivity contribution >= 4 is 11.6 Å². The third-order valence-corrected chi connectivity index (χ3v) is 3.90. The highest BCUT2D eigenvalue weighted by molar-refractivity contribution is 5.91. The zero-order valence-electron chi connectivity index (χ0n) is 15.0. The first-order valence-electron chi connectivity index (χ1n) is 8.77. The fraction of sp³-hybridized carbons (Fsp3) is 0.350. The van der Waals surface area contributed by atoms with Crippen molar-refractivity contribution in [2.75, 3.05) is 25.3 Å². The van der Waals surface area contributed by atoms with E-state index in [4.69, 9.17) is 18.9 Å². The Balaban J connectivity index is 1.57. The molecule has 0 fully saturated rings. The standard InChI is InChI=1S/C20H23NO5/c1-3-23-16-8-5-14(11-18(16)24-4-2)6-10-20(22)21-15-7-9-17-19(12-15)26-13-25-17/h5,7-9,11-12H,3-4,6,10,13H2,1-2H3,(H,21,22). The Morgan fingerprint density at radius 2 is 1.77 bits per heavy atom. The van der Waals surface area contributed by atoms with Crippen molar-refractivity contribution < 1.29 is 23.7 Å². The molecule has 1 amide bonds. The molecule has 0 bridgehead atoms. The van der Waals surface area contributed by atoms with E-state index in [1.165, 1.54) is 0 Å². The Bertz CT molecular complexity index is 775. The average Bonchev–Trinajstić information content (AvgIpc) is 3.10. The number of nitrogens with one attached hydrogen (secondary N) is 1. The van der Waals surface area contributed by atoms with E-state index < -0.39 is 0 Å². The molecule has 0 aromatic heterocycles. The van der Waals surface area contributed by atoms with Gasteiger partial charge in [-0.25, -0.2) is 0 Å². The molecular formula is C20H23NO5. The first-order chi connectivity index (χ1) is 12.7. The van der Waals surface area contributed by atoms with Crippen LogP contribution in [-0.2, 0) is 11.2 Å². The number of carbonyl (C=O) groups excluding carboxylic acids is 1. The number of aryl methyl sites for hydroxylation is 1. The second-order valence-corrected chi connectivity index (χ2v) is 5.76. The van der Waals surface area contributed by atoms with Crippen LogP contribution in [0.1, 0.15) is 25.8 Å². The van der Waals surface area contributed by atoms with E-state index in [0.29, 0.717) is 49.0 Å². The van der Waals surface area contributed by atoms with Crippen molar-refractivity contribution in [3.8, 4) is 23.0 Å². The van der Waals surface area contributed by atoms with Crippen molar-refractivity contribution in [3.63, 3.8) is 0 Å². The quantitative estimate of drug-likeness (QED) is 0.779. The maximum atomic E-state index is 12.2. The number of anilines is 1. The molecule has 0 atom stereocenters. The van der Waals surface area contributed by atoms with E-state index in [1.807, 2.05) is 32.0 Å². The molecule has 0 spiro atoms. The molecule has 1 heterocycles. The highest BCUT2D eigenvalue weighted by Gasteiger charge is 2.14. The molecule has 0 saturated carbocycles. The Morgan fingerprint density at radius 1 is 1.00 bits per heavy atom. The van der Waals surface area contributed by atoms with Gasteiger partial charge in [0.2, 0.25) is 12.7 Å². The molecule has 1 aliphatic heterocycles. The summed E-state index contributed by atoms with van der Waals surface area (Å²) in [4.78, 5) is 12.2. The lowest BCUT2D eigenvalue weighted by molar-refractivity contribution is -0.116. The van der Waals surface area contributed by atoms with Gasteiger partial charge in [-0.15, -0.1) is 0 Å². The second kappa shape index (κ2) is 8.47. The SMILES string of the molecule is CCOc1ccc(CCC(=O)Nc2ccc3c(c2)OCO3)cc1OCC. The molecule has 2 aromatic carbocycles. The van der Waals surface area contributed by atoms with Gasteiger partial charge in [0.1, 0.15) is 0 Å². The van der Waals surface area contributed by atoms with Crippen LogP contribution >= 0.6 is 0 Å². The number of fused-ring (bicyclic) bond motifs is 1. The molecule has 6 heteroatoms. The highest BCUT2D eigenvalue weighted by atomic mass is 16.7. The molecule has 0 unspecified atom stereocenters. The van der Waals surface area contributed by atoms with E-state index in [2.05, 4.69) is 5.32 Å². The smallest absolute Gasteiger partial charge is 0.231 e. The van der Waals surface area contributed by atoms with Crippen LogP contribution in [0, 0.1) is 0 Å². The van der Waals surface area contributed by atoms with Crippen molar-refractivity contribution in [2.24, 2.45) is 0 Å². The third-order valence-electron chi connectivity index (χ3n) is 3.90. The molecule has 1 N–H and O–H groups in total. The van der Waals surface area contributed by atoms with Gasteiger partial charge in [0.15, 0.2) is 23.0 Å². The molecule has 1 aliphatic rings. The summed E-state index contributed by atoms with van der Waals surface area (Å²) in [5, 5.41) is 2.88. The summed E-state index contributed by atoms with van der Waals surface area (Å²) in [6.07, 6.45) is 0.983. The molecule has 26 heavy (non-hydrogen) atoms. The van der Waals surface area contributed by atoms with Gasteiger partial charge in [0.25, 0.3) is 0 Å². The van der Waals surface area contributed by atoms with Gasteiger partial charge >= 0.3 is 0 Å². The number of benzene rings is 2. The molecule has 0 saturated heterocycles. The molecule has 138 valence electrons. The Hall–Kier alpha value is -2.89. The fourth-order valence-electron chi connectivity index (χ4n) is 2.71. The number of amides is 1. The summed E-state index contributed by atoms with van der Waals surface area (Å²) < 4.78 is 21.8. The predicted molar refractivity (Wildman–Crippen MR) is 98.3 cm³/mol. The van der Waals surface area contributed by atoms with Crippen LogP contribution in [0.5, 0.6) is 23.0 Å². The van der Waals surface area contributed by atoms with Crippen LogP contribution in [0.25, 0.3) is 0 Å². The third kappa shape index (κ3) is 4.39. The average molecular weight is 357 g/mol. The summed E-state index contributed by atoms with van der Waals surface area (Å²) >= 11 is 0. The lowest BCUT2D eigenvalue weighted by Crippen LogP contribution is -2.12. The van der Waals surface area contributed by atoms with Gasteiger partial charge in [-0.2, -0.15) is 0 Å². The highest BCUT2D eigenvalue weighted by Crippen LogP contribution is 2.34. The number of carbonyl (C=O) groups is 1. The number of hydrogen-bond acceptors (Lipinski definition) is 5. The normalized spacial score (nSPS) is 11.9. The van der Waals surface area contributed by atoms with Crippen molar-refractivity contribution in [1.29, 1.82) is 0 Å². The van der Waals surface area contributed by atoms with E-state index in [9.17, 15) is 4.79 Å². The summed E-state index contributed by atoms with van der Waals surface area (Å²) in [6.45, 7) is 5.23. The van der Waals surface area contributed by atoms with E-state index in [-0.39, 0.29) is 12.7 Å². The van der Waals surface area contributed by atoms with Gasteiger partial charge in [-0.05, 0) is 50.1 Å². The van der Waals surface area contributed by atoms with E-state index in [1.54, 1.807) is 18.2 Å². The van der Waals surface area contributed by atoms with Crippen LogP contribution in [0.4, 0.5) is 5.69 Å². The van der Waals surface area contributed by atoms with E-state index in [0.717, 1.165) is 11.3 Å². The van der Waals surface area contributed by atoms with Gasteiger partial charge in [0, 0.05) is 18.2 Å². The van der Waals surface area contributed by atoms with Gasteiger partial charge in [0.05, 0.1) is 13.2 Å². The molecular weight excluding hydrogens is 334 g/mol. The zero-order valence-corrected chi connectivity index (χ0v) is 15.0. The van der Waals surface area contributed by atoms with Gasteiger partial charge in [-0.3, -0.25) is 4.79 Å². The lowest BCUT2D eigenvalue weighted by Gasteiger charge is -2.12. The molecule has 2 aromatic rings. The zero-order chi connectivity index (χ0) is 18.4. The second-order valence-electron chi connectivity index (χ2n) is 5.76. The van der Waals surface area contributed by atoms with Crippen molar-refractivity contribution in [2.45, 2.75) is 26.7 Å². The molecule has 0 aliphatic carbocycles. The van der Waals surface area contributed by atoms with Gasteiger partial charge < -0.3 is 24.3 Å². The minimum Gasteiger partial charge on any atom is -0.490 e. The topological polar surface area (TPSA) is 66.0 Å². The summed E-state index contributed by atoms with van der Waals surface area (Å²) in [5.41, 5.74) is 1.72. The first-order valence-corrected chi connectivity index (χ1v) is 8.77. The lowest BCUT2D eigenvalue weighted by atomic mass is 10.1. The monoisotopic (exact) mass is 357 g/mol. The Labute approximate surface area is 153 Å². The number of hydrogen-bond donors (Lipinski definition) is 1. The summed E-state index contributed by atoms with van der Waals surface area (Å²) in [7, 11) is 0. The number of rotatable bonds is 8. The molecule has 3 rings (SSSR count). The maximum Gasteiger partial charge on any atom is 0.231 e. The van der Waals surface area contributed by atoms with Crippen LogP contribution in [0.15, 0.2) is 36.4 Å². The summed E-state index contributed by atoms with van der Waals surface area (Å²) in [6, 6.07) is 11.1. The minimum atomic E-state index is -0.0595. The van der Waals surface area contributed by atoms with Crippen molar-refractivity contribution in [3.05, 3.63) is 42.0 Å². The number of ether oxygens (including phenoxy) is 4. The minimum absolute atomic E-state index is 0.0595. The molecule has 0 radical (unpaired) electrons. The maximum absolute atomic E-state index is 12.2. The van der Waals surface area contributed by atoms with Crippen molar-refractivity contribution in [1.82, 2.24) is 0 Å². The summed E-state index contributed by atoms with van der Waals surface area (Å²) in [5.74, 6) is 2.72. The van der Waals surface area contributed by atoms with Gasteiger partial charge in [-0.1, -0.05) is 6.07 Å². The van der Waals surface area contributed by atoms with Crippen LogP contribution in [0.2, 0.25) is 0 Å². The van der Waals surface area contributed by atoms with E-state index >= 15 is 0 Å². The largest absolute Gasteiger partial charge is 0.490 e. The predicted octanol–water partition coefficient (Wildman–Crippen LogP) is 3.78. The molecule has 6 nitrogen and oxygen atoms in total.